The van der Waals surface area contributed by atoms with Crippen LogP contribution in [-0.2, 0) is 0 Å². The van der Waals surface area contributed by atoms with E-state index in [0.29, 0.717) is 5.41 Å². The molecule has 1 aliphatic heterocycles. The van der Waals surface area contributed by atoms with E-state index in [2.05, 4.69) is 31.0 Å². The van der Waals surface area contributed by atoms with Gasteiger partial charge in [-0.3, -0.25) is 4.90 Å². The highest BCUT2D eigenvalue weighted by Gasteiger charge is 2.37. The minimum Gasteiger partial charge on any atom is -0.316 e. The Hall–Kier alpha value is -0.0800. The van der Waals surface area contributed by atoms with Gasteiger partial charge in [-0.2, -0.15) is 0 Å². The molecule has 106 valence electrons. The van der Waals surface area contributed by atoms with Gasteiger partial charge in [0.15, 0.2) is 0 Å². The van der Waals surface area contributed by atoms with E-state index in [4.69, 9.17) is 0 Å². The minimum absolute atomic E-state index is 0.418. The fourth-order valence-corrected chi connectivity index (χ4v) is 3.91. The number of hydrogen-bond acceptors (Lipinski definition) is 2. The number of rotatable bonds is 6. The lowest BCUT2D eigenvalue weighted by Gasteiger charge is -2.37. The summed E-state index contributed by atoms with van der Waals surface area (Å²) < 4.78 is 0. The molecule has 1 heterocycles. The second-order valence-corrected chi connectivity index (χ2v) is 7.21. The summed E-state index contributed by atoms with van der Waals surface area (Å²) in [5, 5.41) is 3.59. The zero-order valence-electron chi connectivity index (χ0n) is 12.7. The number of likely N-dealkylation sites (tertiary alicyclic amines) is 1. The molecule has 0 aromatic rings. The molecule has 2 unspecified atom stereocenters. The van der Waals surface area contributed by atoms with Gasteiger partial charge in [0.1, 0.15) is 0 Å². The Kier molecular flexibility index (Phi) is 5.08. The Balaban J connectivity index is 1.81. The van der Waals surface area contributed by atoms with E-state index in [9.17, 15) is 0 Å². The highest BCUT2D eigenvalue weighted by atomic mass is 15.2. The summed E-state index contributed by atoms with van der Waals surface area (Å²) in [4.78, 5) is 2.80. The van der Waals surface area contributed by atoms with Crippen molar-refractivity contribution in [2.45, 2.75) is 65.3 Å². The smallest absolute Gasteiger partial charge is 0.0124 e. The summed E-state index contributed by atoms with van der Waals surface area (Å²) in [5.74, 6) is 1.03. The Morgan fingerprint density at radius 2 is 1.94 bits per heavy atom. The molecular formula is C16H32N2. The van der Waals surface area contributed by atoms with Crippen molar-refractivity contribution in [3.63, 3.8) is 0 Å². The summed E-state index contributed by atoms with van der Waals surface area (Å²) in [6.07, 6.45) is 8.61. The maximum atomic E-state index is 3.59. The summed E-state index contributed by atoms with van der Waals surface area (Å²) in [7, 11) is 0. The molecule has 2 rings (SSSR count). The first-order chi connectivity index (χ1) is 8.62. The first-order valence-corrected chi connectivity index (χ1v) is 8.07. The van der Waals surface area contributed by atoms with E-state index in [0.717, 1.165) is 25.0 Å². The highest BCUT2D eigenvalue weighted by molar-refractivity contribution is 4.92. The minimum atomic E-state index is 0.418. The molecule has 18 heavy (non-hydrogen) atoms. The summed E-state index contributed by atoms with van der Waals surface area (Å²) in [5.41, 5.74) is 0.418. The molecule has 2 heteroatoms. The largest absolute Gasteiger partial charge is 0.316 e. The van der Waals surface area contributed by atoms with E-state index in [1.807, 2.05) is 0 Å². The monoisotopic (exact) mass is 252 g/mol. The quantitative estimate of drug-likeness (QED) is 0.730. The molecular weight excluding hydrogens is 220 g/mol. The van der Waals surface area contributed by atoms with Crippen molar-refractivity contribution in [3.05, 3.63) is 0 Å². The predicted molar refractivity (Wildman–Crippen MR) is 78.9 cm³/mol. The van der Waals surface area contributed by atoms with Gasteiger partial charge in [-0.1, -0.05) is 33.6 Å². The summed E-state index contributed by atoms with van der Waals surface area (Å²) in [6.45, 7) is 12.0. The van der Waals surface area contributed by atoms with Crippen LogP contribution in [0.5, 0.6) is 0 Å². The molecule has 2 nitrogen and oxygen atoms in total. The van der Waals surface area contributed by atoms with Crippen molar-refractivity contribution < 1.29 is 0 Å². The Labute approximate surface area is 114 Å². The van der Waals surface area contributed by atoms with E-state index in [1.165, 1.54) is 51.6 Å². The van der Waals surface area contributed by atoms with Crippen LogP contribution in [0.15, 0.2) is 0 Å². The van der Waals surface area contributed by atoms with Crippen molar-refractivity contribution >= 4 is 0 Å². The van der Waals surface area contributed by atoms with Gasteiger partial charge in [0.25, 0.3) is 0 Å². The van der Waals surface area contributed by atoms with Crippen molar-refractivity contribution in [3.8, 4) is 0 Å². The van der Waals surface area contributed by atoms with Crippen LogP contribution >= 0.6 is 0 Å². The summed E-state index contributed by atoms with van der Waals surface area (Å²) >= 11 is 0. The normalized spacial score (nSPS) is 29.5. The average Bonchev–Trinajstić information content (AvgIpc) is 2.72. The molecule has 2 fully saturated rings. The molecule has 2 aliphatic rings. The number of nitrogens with zero attached hydrogens (tertiary/aromatic N) is 1. The molecule has 2 atom stereocenters. The summed E-state index contributed by atoms with van der Waals surface area (Å²) in [6, 6.07) is 0.921. The Morgan fingerprint density at radius 3 is 2.72 bits per heavy atom. The van der Waals surface area contributed by atoms with Crippen molar-refractivity contribution in [1.82, 2.24) is 10.2 Å². The van der Waals surface area contributed by atoms with E-state index >= 15 is 0 Å². The third kappa shape index (κ3) is 3.71. The van der Waals surface area contributed by atoms with Crippen molar-refractivity contribution in [1.29, 1.82) is 0 Å². The SMILES string of the molecule is CCCNCC(C)(C)CN1CCC2CCCCC21. The molecule has 0 radical (unpaired) electrons. The molecule has 1 aliphatic carbocycles. The third-order valence-electron chi connectivity index (χ3n) is 4.79. The van der Waals surface area contributed by atoms with E-state index in [-0.39, 0.29) is 0 Å². The standard InChI is InChI=1S/C16H32N2/c1-4-10-17-12-16(2,3)13-18-11-9-14-7-5-6-8-15(14)18/h14-15,17H,4-13H2,1-3H3. The first kappa shape index (κ1) is 14.3. The first-order valence-electron chi connectivity index (χ1n) is 8.07. The molecule has 0 aromatic heterocycles. The molecule has 1 saturated heterocycles. The fourth-order valence-electron chi connectivity index (χ4n) is 3.91. The fraction of sp³-hybridized carbons (Fsp3) is 1.00. The van der Waals surface area contributed by atoms with Gasteiger partial charge < -0.3 is 5.32 Å². The van der Waals surface area contributed by atoms with Crippen molar-refractivity contribution in [2.24, 2.45) is 11.3 Å². The second kappa shape index (κ2) is 6.38. The third-order valence-corrected chi connectivity index (χ3v) is 4.79. The lowest BCUT2D eigenvalue weighted by Crippen LogP contribution is -2.44. The maximum Gasteiger partial charge on any atom is 0.0124 e. The molecule has 0 aromatic carbocycles. The van der Waals surface area contributed by atoms with E-state index in [1.54, 1.807) is 0 Å². The van der Waals surface area contributed by atoms with Crippen LogP contribution in [0, 0.1) is 11.3 Å². The van der Waals surface area contributed by atoms with Gasteiger partial charge in [0.05, 0.1) is 0 Å². The second-order valence-electron chi connectivity index (χ2n) is 7.21. The van der Waals surface area contributed by atoms with Crippen LogP contribution < -0.4 is 5.32 Å². The van der Waals surface area contributed by atoms with Gasteiger partial charge in [-0.25, -0.2) is 0 Å². The zero-order valence-corrected chi connectivity index (χ0v) is 12.7. The van der Waals surface area contributed by atoms with Crippen LogP contribution in [0.2, 0.25) is 0 Å². The molecule has 0 amide bonds. The lowest BCUT2D eigenvalue weighted by molar-refractivity contribution is 0.127. The van der Waals surface area contributed by atoms with Crippen LogP contribution in [0.1, 0.15) is 59.3 Å². The van der Waals surface area contributed by atoms with Crippen LogP contribution in [0.4, 0.5) is 0 Å². The Bertz CT molecular complexity index is 249. The predicted octanol–water partition coefficient (Wildman–Crippen LogP) is 3.28. The molecule has 1 N–H and O–H groups in total. The average molecular weight is 252 g/mol. The molecule has 1 saturated carbocycles. The van der Waals surface area contributed by atoms with Crippen LogP contribution in [0.3, 0.4) is 0 Å². The van der Waals surface area contributed by atoms with E-state index < -0.39 is 0 Å². The van der Waals surface area contributed by atoms with Gasteiger partial charge in [0.2, 0.25) is 0 Å². The number of hydrogen-bond donors (Lipinski definition) is 1. The maximum absolute atomic E-state index is 3.59. The van der Waals surface area contributed by atoms with Gasteiger partial charge >= 0.3 is 0 Å². The van der Waals surface area contributed by atoms with Crippen LogP contribution in [0.25, 0.3) is 0 Å². The number of nitrogens with one attached hydrogen (secondary N) is 1. The number of fused-ring (bicyclic) bond motifs is 1. The van der Waals surface area contributed by atoms with Gasteiger partial charge in [0, 0.05) is 19.1 Å². The van der Waals surface area contributed by atoms with Gasteiger partial charge in [-0.15, -0.1) is 0 Å². The lowest BCUT2D eigenvalue weighted by atomic mass is 9.84. The topological polar surface area (TPSA) is 15.3 Å². The molecule has 0 spiro atoms. The zero-order chi connectivity index (χ0) is 13.0. The van der Waals surface area contributed by atoms with Gasteiger partial charge in [-0.05, 0) is 50.1 Å². The molecule has 0 bridgehead atoms. The Morgan fingerprint density at radius 1 is 1.17 bits per heavy atom. The van der Waals surface area contributed by atoms with Crippen LogP contribution in [-0.4, -0.2) is 37.1 Å². The highest BCUT2D eigenvalue weighted by Crippen LogP contribution is 2.37. The van der Waals surface area contributed by atoms with Crippen molar-refractivity contribution in [2.75, 3.05) is 26.2 Å².